The maximum atomic E-state index is 5.76. The first kappa shape index (κ1) is 14.1. The number of rotatable bonds is 3. The molecule has 1 aliphatic rings. The predicted octanol–water partition coefficient (Wildman–Crippen LogP) is 2.85. The lowest BCUT2D eigenvalue weighted by molar-refractivity contribution is 0.639. The number of piperazine rings is 1. The fourth-order valence-corrected chi connectivity index (χ4v) is 2.71. The fraction of sp³-hybridized carbons (Fsp3) is 0.375. The first-order valence-electron chi connectivity index (χ1n) is 7.20. The Labute approximate surface area is 130 Å². The van der Waals surface area contributed by atoms with E-state index in [9.17, 15) is 0 Å². The van der Waals surface area contributed by atoms with E-state index in [2.05, 4.69) is 51.0 Å². The Bertz CT molecular complexity index is 591. The molecule has 2 heterocycles. The molecule has 0 aliphatic carbocycles. The average molecular weight is 303 g/mol. The second kappa shape index (κ2) is 6.31. The largest absolute Gasteiger partial charge is 0.368 e. The molecule has 0 radical (unpaired) electrons. The van der Waals surface area contributed by atoms with E-state index >= 15 is 0 Å². The normalized spacial score (nSPS) is 15.3. The third-order valence-corrected chi connectivity index (χ3v) is 4.08. The number of aromatic nitrogens is 2. The summed E-state index contributed by atoms with van der Waals surface area (Å²) in [6, 6.07) is 8.66. The van der Waals surface area contributed by atoms with Gasteiger partial charge in [-0.05, 0) is 24.6 Å². The van der Waals surface area contributed by atoms with Gasteiger partial charge in [-0.2, -0.15) is 0 Å². The summed E-state index contributed by atoms with van der Waals surface area (Å²) in [5, 5.41) is 0. The van der Waals surface area contributed by atoms with E-state index in [1.807, 2.05) is 12.4 Å². The minimum absolute atomic E-state index is 0.460. The molecule has 0 spiro atoms. The molecule has 1 aromatic carbocycles. The Morgan fingerprint density at radius 2 is 1.71 bits per heavy atom. The number of aryl methyl sites for hydroxylation is 1. The van der Waals surface area contributed by atoms with Crippen molar-refractivity contribution >= 4 is 23.2 Å². The lowest BCUT2D eigenvalue weighted by Crippen LogP contribution is -2.47. The summed E-state index contributed by atoms with van der Waals surface area (Å²) >= 11 is 5.76. The van der Waals surface area contributed by atoms with Crippen molar-refractivity contribution in [2.75, 3.05) is 36.0 Å². The molecule has 1 aromatic heterocycles. The molecule has 1 aliphatic heterocycles. The molecule has 2 aromatic rings. The van der Waals surface area contributed by atoms with Crippen LogP contribution in [0.2, 0.25) is 0 Å². The van der Waals surface area contributed by atoms with E-state index < -0.39 is 0 Å². The number of anilines is 2. The third-order valence-electron chi connectivity index (χ3n) is 3.78. The van der Waals surface area contributed by atoms with E-state index in [1.165, 1.54) is 11.3 Å². The number of nitrogens with zero attached hydrogens (tertiary/aromatic N) is 4. The Morgan fingerprint density at radius 1 is 1.05 bits per heavy atom. The van der Waals surface area contributed by atoms with Crippen LogP contribution in [0.3, 0.4) is 0 Å². The van der Waals surface area contributed by atoms with Gasteiger partial charge in [-0.25, -0.2) is 9.97 Å². The van der Waals surface area contributed by atoms with Crippen LogP contribution in [-0.2, 0) is 5.88 Å². The van der Waals surface area contributed by atoms with Gasteiger partial charge in [0.15, 0.2) is 0 Å². The summed E-state index contributed by atoms with van der Waals surface area (Å²) in [6.45, 7) is 5.99. The summed E-state index contributed by atoms with van der Waals surface area (Å²) in [5.41, 5.74) is 3.56. The molecule has 0 N–H and O–H groups in total. The van der Waals surface area contributed by atoms with E-state index in [-0.39, 0.29) is 0 Å². The van der Waals surface area contributed by atoms with Crippen LogP contribution in [-0.4, -0.2) is 36.1 Å². The highest BCUT2D eigenvalue weighted by atomic mass is 35.5. The topological polar surface area (TPSA) is 32.3 Å². The van der Waals surface area contributed by atoms with Crippen LogP contribution in [0.25, 0.3) is 0 Å². The maximum Gasteiger partial charge on any atom is 0.225 e. The number of alkyl halides is 1. The molecule has 4 nitrogen and oxygen atoms in total. The molecule has 0 amide bonds. The van der Waals surface area contributed by atoms with Crippen LogP contribution in [0.15, 0.2) is 36.7 Å². The van der Waals surface area contributed by atoms with Gasteiger partial charge in [0, 0.05) is 49.8 Å². The highest BCUT2D eigenvalue weighted by Gasteiger charge is 2.19. The van der Waals surface area contributed by atoms with Gasteiger partial charge in [-0.3, -0.25) is 0 Å². The van der Waals surface area contributed by atoms with Gasteiger partial charge in [-0.1, -0.05) is 12.1 Å². The summed E-state index contributed by atoms with van der Waals surface area (Å²) in [6.07, 6.45) is 3.62. The third kappa shape index (κ3) is 3.27. The lowest BCUT2D eigenvalue weighted by Gasteiger charge is -2.36. The quantitative estimate of drug-likeness (QED) is 0.816. The number of benzene rings is 1. The SMILES string of the molecule is Cc1cccc(N2CCN(c3ncc(CCl)cn3)CC2)c1. The molecule has 1 fully saturated rings. The van der Waals surface area contributed by atoms with Crippen LogP contribution in [0.5, 0.6) is 0 Å². The smallest absolute Gasteiger partial charge is 0.225 e. The monoisotopic (exact) mass is 302 g/mol. The van der Waals surface area contributed by atoms with Gasteiger partial charge in [0.05, 0.1) is 5.88 Å². The van der Waals surface area contributed by atoms with Crippen molar-refractivity contribution in [2.24, 2.45) is 0 Å². The molecular weight excluding hydrogens is 284 g/mol. The standard InChI is InChI=1S/C16H19ClN4/c1-13-3-2-4-15(9-13)20-5-7-21(8-6-20)16-18-11-14(10-17)12-19-16/h2-4,9,11-12H,5-8,10H2,1H3. The van der Waals surface area contributed by atoms with E-state index in [0.29, 0.717) is 5.88 Å². The number of hydrogen-bond donors (Lipinski definition) is 0. The molecule has 0 atom stereocenters. The van der Waals surface area contributed by atoms with Gasteiger partial charge in [0.2, 0.25) is 5.95 Å². The summed E-state index contributed by atoms with van der Waals surface area (Å²) in [4.78, 5) is 13.4. The Balaban J connectivity index is 1.64. The molecule has 0 unspecified atom stereocenters. The van der Waals surface area contributed by atoms with Crippen LogP contribution >= 0.6 is 11.6 Å². The van der Waals surface area contributed by atoms with E-state index in [0.717, 1.165) is 37.7 Å². The molecule has 1 saturated heterocycles. The van der Waals surface area contributed by atoms with E-state index in [4.69, 9.17) is 11.6 Å². The molecule has 21 heavy (non-hydrogen) atoms. The molecule has 110 valence electrons. The van der Waals surface area contributed by atoms with Crippen molar-refractivity contribution in [1.82, 2.24) is 9.97 Å². The highest BCUT2D eigenvalue weighted by molar-refractivity contribution is 6.17. The Hall–Kier alpha value is -1.81. The highest BCUT2D eigenvalue weighted by Crippen LogP contribution is 2.19. The van der Waals surface area contributed by atoms with Crippen molar-refractivity contribution in [3.05, 3.63) is 47.8 Å². The first-order chi connectivity index (χ1) is 10.3. The van der Waals surface area contributed by atoms with Gasteiger partial charge in [-0.15, -0.1) is 11.6 Å². The molecule has 0 saturated carbocycles. The molecule has 3 rings (SSSR count). The Morgan fingerprint density at radius 3 is 2.33 bits per heavy atom. The molecule has 5 heteroatoms. The summed E-state index contributed by atoms with van der Waals surface area (Å²) in [5.74, 6) is 1.26. The van der Waals surface area contributed by atoms with Crippen molar-refractivity contribution < 1.29 is 0 Å². The zero-order valence-corrected chi connectivity index (χ0v) is 12.9. The van der Waals surface area contributed by atoms with Crippen LogP contribution in [0.1, 0.15) is 11.1 Å². The second-order valence-corrected chi connectivity index (χ2v) is 5.61. The minimum atomic E-state index is 0.460. The van der Waals surface area contributed by atoms with Crippen LogP contribution in [0, 0.1) is 6.92 Å². The zero-order valence-electron chi connectivity index (χ0n) is 12.2. The van der Waals surface area contributed by atoms with Crippen LogP contribution < -0.4 is 9.80 Å². The van der Waals surface area contributed by atoms with Gasteiger partial charge in [0.1, 0.15) is 0 Å². The van der Waals surface area contributed by atoms with Gasteiger partial charge >= 0.3 is 0 Å². The minimum Gasteiger partial charge on any atom is -0.368 e. The summed E-state index contributed by atoms with van der Waals surface area (Å²) < 4.78 is 0. The average Bonchev–Trinajstić information content (AvgIpc) is 2.55. The predicted molar refractivity (Wildman–Crippen MR) is 87.2 cm³/mol. The van der Waals surface area contributed by atoms with Gasteiger partial charge < -0.3 is 9.80 Å². The lowest BCUT2D eigenvalue weighted by atomic mass is 10.2. The Kier molecular flexibility index (Phi) is 4.25. The second-order valence-electron chi connectivity index (χ2n) is 5.34. The summed E-state index contributed by atoms with van der Waals surface area (Å²) in [7, 11) is 0. The van der Waals surface area contributed by atoms with E-state index in [1.54, 1.807) is 0 Å². The first-order valence-corrected chi connectivity index (χ1v) is 7.73. The molecular formula is C16H19ClN4. The fourth-order valence-electron chi connectivity index (χ4n) is 2.57. The number of hydrogen-bond acceptors (Lipinski definition) is 4. The van der Waals surface area contributed by atoms with Crippen molar-refractivity contribution in [1.29, 1.82) is 0 Å². The molecule has 0 bridgehead atoms. The maximum absolute atomic E-state index is 5.76. The van der Waals surface area contributed by atoms with Crippen molar-refractivity contribution in [3.63, 3.8) is 0 Å². The van der Waals surface area contributed by atoms with Crippen molar-refractivity contribution in [3.8, 4) is 0 Å². The van der Waals surface area contributed by atoms with Crippen molar-refractivity contribution in [2.45, 2.75) is 12.8 Å². The van der Waals surface area contributed by atoms with Crippen LogP contribution in [0.4, 0.5) is 11.6 Å². The van der Waals surface area contributed by atoms with Gasteiger partial charge in [0.25, 0.3) is 0 Å². The zero-order chi connectivity index (χ0) is 14.7. The number of halogens is 1.